The summed E-state index contributed by atoms with van der Waals surface area (Å²) in [5.74, 6) is 0. The molecule has 0 spiro atoms. The highest BCUT2D eigenvalue weighted by atomic mass is 32.2. The predicted molar refractivity (Wildman–Crippen MR) is 99.5 cm³/mol. The lowest BCUT2D eigenvalue weighted by molar-refractivity contribution is 0.00578. The summed E-state index contributed by atoms with van der Waals surface area (Å²) < 4.78 is 27.3. The zero-order valence-electron chi connectivity index (χ0n) is 15.4. The van der Waals surface area contributed by atoms with Crippen LogP contribution in [0.3, 0.4) is 0 Å². The molecule has 130 valence electrons. The summed E-state index contributed by atoms with van der Waals surface area (Å²) in [4.78, 5) is 1.13. The van der Waals surface area contributed by atoms with Crippen molar-refractivity contribution in [3.05, 3.63) is 16.3 Å². The second-order valence-corrected chi connectivity index (χ2v) is 11.0. The van der Waals surface area contributed by atoms with Gasteiger partial charge in [-0.3, -0.25) is 0 Å². The van der Waals surface area contributed by atoms with Crippen molar-refractivity contribution in [2.45, 2.75) is 77.4 Å². The molecule has 1 aromatic heterocycles. The molecule has 2 atom stereocenters. The van der Waals surface area contributed by atoms with E-state index < -0.39 is 11.4 Å². The fourth-order valence-electron chi connectivity index (χ4n) is 2.09. The number of nitrogens with one attached hydrogen (secondary N) is 1. The van der Waals surface area contributed by atoms with E-state index in [0.717, 1.165) is 10.3 Å². The Morgan fingerprint density at radius 2 is 1.74 bits per heavy atom. The van der Waals surface area contributed by atoms with Crippen molar-refractivity contribution in [3.8, 4) is 0 Å². The van der Waals surface area contributed by atoms with Crippen LogP contribution in [0.4, 0.5) is 0 Å². The number of rotatable bonds is 4. The van der Waals surface area contributed by atoms with Crippen LogP contribution in [-0.2, 0) is 20.7 Å². The molecule has 23 heavy (non-hydrogen) atoms. The van der Waals surface area contributed by atoms with Crippen molar-refractivity contribution >= 4 is 35.3 Å². The first-order valence-electron chi connectivity index (χ1n) is 7.95. The third kappa shape index (κ3) is 4.14. The van der Waals surface area contributed by atoms with Gasteiger partial charge in [0.1, 0.15) is 4.75 Å². The van der Waals surface area contributed by atoms with E-state index >= 15 is 0 Å². The van der Waals surface area contributed by atoms with E-state index in [1.54, 1.807) is 11.3 Å². The van der Waals surface area contributed by atoms with Gasteiger partial charge in [0, 0.05) is 16.2 Å². The van der Waals surface area contributed by atoms with Gasteiger partial charge in [0.25, 0.3) is 0 Å². The predicted octanol–water partition coefficient (Wildman–Crippen LogP) is 3.16. The maximum atomic E-state index is 12.2. The van der Waals surface area contributed by atoms with Gasteiger partial charge in [0.2, 0.25) is 0 Å². The molecule has 2 unspecified atom stereocenters. The van der Waals surface area contributed by atoms with Gasteiger partial charge in [-0.2, -0.15) is 0 Å². The lowest BCUT2D eigenvalue weighted by Gasteiger charge is -2.32. The topological polar surface area (TPSA) is 53.5 Å². The van der Waals surface area contributed by atoms with E-state index in [9.17, 15) is 4.55 Å². The van der Waals surface area contributed by atoms with Crippen molar-refractivity contribution in [2.24, 2.45) is 0 Å². The molecule has 1 aliphatic heterocycles. The van der Waals surface area contributed by atoms with E-state index in [1.165, 1.54) is 0 Å². The molecule has 2 rings (SSSR count). The highest BCUT2D eigenvalue weighted by Gasteiger charge is 2.52. The Morgan fingerprint density at radius 3 is 2.22 bits per heavy atom. The van der Waals surface area contributed by atoms with E-state index in [4.69, 9.17) is 9.31 Å². The van der Waals surface area contributed by atoms with E-state index in [-0.39, 0.29) is 29.1 Å². The largest absolute Gasteiger partial charge is 0.598 e. The smallest absolute Gasteiger partial charge is 0.495 e. The van der Waals surface area contributed by atoms with Crippen molar-refractivity contribution < 1.29 is 13.9 Å². The molecule has 1 saturated heterocycles. The Morgan fingerprint density at radius 1 is 1.22 bits per heavy atom. The van der Waals surface area contributed by atoms with Crippen molar-refractivity contribution in [1.82, 2.24) is 4.72 Å². The van der Waals surface area contributed by atoms with Crippen LogP contribution in [0.5, 0.6) is 0 Å². The molecular formula is C16H28BNO3S2. The molecule has 1 N–H and O–H groups in total. The third-order valence-corrected chi connectivity index (χ3v) is 7.25. The van der Waals surface area contributed by atoms with Crippen LogP contribution in [0.2, 0.25) is 0 Å². The van der Waals surface area contributed by atoms with Gasteiger partial charge < -0.3 is 13.9 Å². The first-order chi connectivity index (χ1) is 10.3. The fraction of sp³-hybridized carbons (Fsp3) is 0.750. The van der Waals surface area contributed by atoms with Gasteiger partial charge in [0.05, 0.1) is 17.2 Å². The van der Waals surface area contributed by atoms with Gasteiger partial charge in [-0.1, -0.05) is 0 Å². The minimum atomic E-state index is -1.09. The summed E-state index contributed by atoms with van der Waals surface area (Å²) in [5, 5.41) is 2.07. The molecule has 0 aliphatic carbocycles. The van der Waals surface area contributed by atoms with Gasteiger partial charge in [0.15, 0.2) is 0 Å². The molecule has 0 amide bonds. The summed E-state index contributed by atoms with van der Waals surface area (Å²) in [6.45, 7) is 16.1. The normalized spacial score (nSPS) is 23.1. The highest BCUT2D eigenvalue weighted by molar-refractivity contribution is 7.90. The van der Waals surface area contributed by atoms with Crippen LogP contribution in [-0.4, -0.2) is 27.6 Å². The van der Waals surface area contributed by atoms with E-state index in [0.29, 0.717) is 0 Å². The third-order valence-electron chi connectivity index (χ3n) is 4.43. The molecule has 1 aliphatic rings. The maximum Gasteiger partial charge on any atom is 0.495 e. The molecule has 1 fully saturated rings. The van der Waals surface area contributed by atoms with Crippen LogP contribution >= 0.6 is 11.3 Å². The highest BCUT2D eigenvalue weighted by Crippen LogP contribution is 2.37. The van der Waals surface area contributed by atoms with Gasteiger partial charge in [-0.15, -0.1) is 16.1 Å². The average molecular weight is 357 g/mol. The van der Waals surface area contributed by atoms with Crippen molar-refractivity contribution in [3.63, 3.8) is 0 Å². The lowest BCUT2D eigenvalue weighted by atomic mass is 9.81. The minimum Gasteiger partial charge on any atom is -0.598 e. The van der Waals surface area contributed by atoms with Gasteiger partial charge in [-0.25, -0.2) is 0 Å². The molecule has 0 bridgehead atoms. The Kier molecular flexibility index (Phi) is 5.33. The number of hydrogen-bond acceptors (Lipinski definition) is 5. The van der Waals surface area contributed by atoms with Crippen LogP contribution in [0.25, 0.3) is 0 Å². The first-order valence-corrected chi connectivity index (χ1v) is 9.98. The fourth-order valence-corrected chi connectivity index (χ4v) is 3.89. The van der Waals surface area contributed by atoms with E-state index in [2.05, 4.69) is 43.9 Å². The molecule has 0 aromatic carbocycles. The summed E-state index contributed by atoms with van der Waals surface area (Å²) in [5.41, 5.74) is 0.355. The van der Waals surface area contributed by atoms with Gasteiger partial charge in [-0.05, 0) is 72.3 Å². The summed E-state index contributed by atoms with van der Waals surface area (Å²) in [7, 11) is -0.342. The Balaban J connectivity index is 2.07. The second kappa shape index (κ2) is 6.35. The number of thiophene rings is 1. The molecular weight excluding hydrogens is 329 g/mol. The lowest BCUT2D eigenvalue weighted by Crippen LogP contribution is -2.41. The summed E-state index contributed by atoms with van der Waals surface area (Å²) in [6.07, 6.45) is 0. The molecule has 0 radical (unpaired) electrons. The van der Waals surface area contributed by atoms with Gasteiger partial charge >= 0.3 is 7.12 Å². The van der Waals surface area contributed by atoms with E-state index in [1.807, 2.05) is 27.7 Å². The molecule has 4 nitrogen and oxygen atoms in total. The average Bonchev–Trinajstić information content (AvgIpc) is 2.92. The maximum absolute atomic E-state index is 12.2. The SMILES string of the molecule is CC(N[S+]([O-])C(C)(C)C)c1cc(B2OC(C)(C)C(C)(C)O2)cs1. The van der Waals surface area contributed by atoms with Crippen LogP contribution in [0.1, 0.15) is 66.3 Å². The zero-order chi connectivity index (χ0) is 17.6. The standard InChI is InChI=1S/C16H28BNO3S2/c1-11(18-23(19)14(2,3)4)13-9-12(10-22-13)17-20-15(5,6)16(7,8)21-17/h9-11,18H,1-8H3. The van der Waals surface area contributed by atoms with Crippen LogP contribution in [0.15, 0.2) is 11.4 Å². The Hall–Kier alpha value is -0.0451. The minimum absolute atomic E-state index is 0.0243. The molecule has 1 aromatic rings. The Labute approximate surface area is 147 Å². The quantitative estimate of drug-likeness (QED) is 0.664. The Bertz CT molecular complexity index is 538. The zero-order valence-corrected chi connectivity index (χ0v) is 17.0. The molecule has 2 heterocycles. The van der Waals surface area contributed by atoms with Crippen molar-refractivity contribution in [1.29, 1.82) is 0 Å². The van der Waals surface area contributed by atoms with Crippen LogP contribution in [0, 0.1) is 0 Å². The summed E-state index contributed by atoms with van der Waals surface area (Å²) >= 11 is 0.549. The summed E-state index contributed by atoms with van der Waals surface area (Å²) in [6, 6.07) is 2.11. The molecule has 7 heteroatoms. The van der Waals surface area contributed by atoms with Crippen LogP contribution < -0.4 is 10.2 Å². The second-order valence-electron chi connectivity index (χ2n) is 8.09. The first kappa shape index (κ1) is 19.3. The van der Waals surface area contributed by atoms with Crippen molar-refractivity contribution in [2.75, 3.05) is 0 Å². The molecule has 0 saturated carbocycles. The monoisotopic (exact) mass is 357 g/mol. The number of hydrogen-bond donors (Lipinski definition) is 1.